The van der Waals surface area contributed by atoms with Crippen LogP contribution in [0.4, 0.5) is 5.69 Å². The van der Waals surface area contributed by atoms with E-state index in [9.17, 15) is 15.2 Å². The number of hydrogen-bond donors (Lipinski definition) is 3. The first-order chi connectivity index (χ1) is 11.6. The lowest BCUT2D eigenvalue weighted by Crippen LogP contribution is -1.99. The standard InChI is InChI=1S/C17H11N3O4/c18-8-10(16-20-13-3-1-2-4-15(13)24-16)9-19-11-5-6-14(21)12(7-11)17(22)23/h1-7,9,19,21H,(H,22,23)/b10-9-. The van der Waals surface area contributed by atoms with Crippen LogP contribution in [0, 0.1) is 11.3 Å². The van der Waals surface area contributed by atoms with Crippen LogP contribution in [0.2, 0.25) is 0 Å². The molecule has 1 aromatic heterocycles. The molecular formula is C17H11N3O4. The molecule has 0 saturated carbocycles. The van der Waals surface area contributed by atoms with Crippen LogP contribution < -0.4 is 5.32 Å². The van der Waals surface area contributed by atoms with Crippen molar-refractivity contribution in [2.24, 2.45) is 0 Å². The van der Waals surface area contributed by atoms with Gasteiger partial charge in [-0.2, -0.15) is 5.26 Å². The fraction of sp³-hybridized carbons (Fsp3) is 0. The monoisotopic (exact) mass is 321 g/mol. The van der Waals surface area contributed by atoms with E-state index in [2.05, 4.69) is 10.3 Å². The number of allylic oxidation sites excluding steroid dienone is 1. The molecule has 0 bridgehead atoms. The van der Waals surface area contributed by atoms with Gasteiger partial charge in [0, 0.05) is 11.9 Å². The number of aromatic hydroxyl groups is 1. The lowest BCUT2D eigenvalue weighted by Gasteiger charge is -2.04. The van der Waals surface area contributed by atoms with Gasteiger partial charge in [0.2, 0.25) is 5.89 Å². The zero-order valence-corrected chi connectivity index (χ0v) is 12.2. The number of oxazole rings is 1. The van der Waals surface area contributed by atoms with Crippen LogP contribution in [0.25, 0.3) is 16.7 Å². The van der Waals surface area contributed by atoms with E-state index >= 15 is 0 Å². The number of benzene rings is 2. The molecule has 0 aliphatic heterocycles. The summed E-state index contributed by atoms with van der Waals surface area (Å²) in [6.07, 6.45) is 1.36. The number of hydrogen-bond acceptors (Lipinski definition) is 6. The maximum Gasteiger partial charge on any atom is 0.339 e. The zero-order valence-electron chi connectivity index (χ0n) is 12.2. The van der Waals surface area contributed by atoms with E-state index in [1.54, 1.807) is 18.2 Å². The Balaban J connectivity index is 1.90. The summed E-state index contributed by atoms with van der Waals surface area (Å²) in [7, 11) is 0. The molecule has 0 atom stereocenters. The number of nitriles is 1. The minimum atomic E-state index is -1.25. The number of aromatic nitrogens is 1. The average molecular weight is 321 g/mol. The summed E-state index contributed by atoms with van der Waals surface area (Å²) in [6.45, 7) is 0. The first-order valence-corrected chi connectivity index (χ1v) is 6.87. The van der Waals surface area contributed by atoms with Crippen molar-refractivity contribution >= 4 is 28.3 Å². The van der Waals surface area contributed by atoms with E-state index in [1.165, 1.54) is 24.4 Å². The maximum atomic E-state index is 11.0. The molecule has 0 aliphatic rings. The van der Waals surface area contributed by atoms with Gasteiger partial charge in [0.1, 0.15) is 28.5 Å². The lowest BCUT2D eigenvalue weighted by atomic mass is 10.2. The highest BCUT2D eigenvalue weighted by molar-refractivity contribution is 5.92. The molecule has 0 radical (unpaired) electrons. The minimum absolute atomic E-state index is 0.149. The summed E-state index contributed by atoms with van der Waals surface area (Å²) in [5, 5.41) is 30.6. The highest BCUT2D eigenvalue weighted by atomic mass is 16.4. The van der Waals surface area contributed by atoms with Gasteiger partial charge in [0.05, 0.1) is 0 Å². The number of nitrogens with one attached hydrogen (secondary N) is 1. The van der Waals surface area contributed by atoms with Gasteiger partial charge in [0.25, 0.3) is 0 Å². The second-order valence-electron chi connectivity index (χ2n) is 4.84. The van der Waals surface area contributed by atoms with Crippen molar-refractivity contribution in [2.45, 2.75) is 0 Å². The van der Waals surface area contributed by atoms with Crippen LogP contribution in [-0.4, -0.2) is 21.2 Å². The number of carboxylic acids is 1. The Bertz CT molecular complexity index is 965. The Morgan fingerprint density at radius 1 is 1.29 bits per heavy atom. The molecule has 2 aromatic carbocycles. The minimum Gasteiger partial charge on any atom is -0.507 e. The van der Waals surface area contributed by atoms with E-state index in [0.717, 1.165) is 0 Å². The fourth-order valence-corrected chi connectivity index (χ4v) is 2.08. The molecule has 0 aliphatic carbocycles. The molecule has 118 valence electrons. The molecule has 0 unspecified atom stereocenters. The number of carbonyl (C=O) groups is 1. The number of carboxylic acid groups (broad SMARTS) is 1. The highest BCUT2D eigenvalue weighted by Crippen LogP contribution is 2.23. The average Bonchev–Trinajstić information content (AvgIpc) is 3.00. The van der Waals surface area contributed by atoms with Crippen LogP contribution in [-0.2, 0) is 0 Å². The van der Waals surface area contributed by atoms with Gasteiger partial charge in [-0.1, -0.05) is 12.1 Å². The molecule has 0 fully saturated rings. The number of anilines is 1. The Labute approximate surface area is 136 Å². The SMILES string of the molecule is N#C/C(=C/Nc1ccc(O)c(C(=O)O)c1)c1nc2ccccc2o1. The first-order valence-electron chi connectivity index (χ1n) is 6.87. The summed E-state index contributed by atoms with van der Waals surface area (Å²) in [5.74, 6) is -1.43. The fourth-order valence-electron chi connectivity index (χ4n) is 2.08. The summed E-state index contributed by atoms with van der Waals surface area (Å²) >= 11 is 0. The molecule has 1 heterocycles. The van der Waals surface area contributed by atoms with Gasteiger partial charge in [-0.15, -0.1) is 0 Å². The third-order valence-corrected chi connectivity index (χ3v) is 3.25. The highest BCUT2D eigenvalue weighted by Gasteiger charge is 2.12. The van der Waals surface area contributed by atoms with Gasteiger partial charge in [0.15, 0.2) is 5.58 Å². The number of aromatic carboxylic acids is 1. The van der Waals surface area contributed by atoms with Crippen molar-refractivity contribution in [3.8, 4) is 11.8 Å². The van der Waals surface area contributed by atoms with E-state index in [0.29, 0.717) is 16.8 Å². The Morgan fingerprint density at radius 3 is 2.79 bits per heavy atom. The van der Waals surface area contributed by atoms with Crippen molar-refractivity contribution in [2.75, 3.05) is 5.32 Å². The maximum absolute atomic E-state index is 11.0. The van der Waals surface area contributed by atoms with Gasteiger partial charge in [-0.25, -0.2) is 9.78 Å². The summed E-state index contributed by atoms with van der Waals surface area (Å²) in [4.78, 5) is 15.2. The predicted octanol–water partition coefficient (Wildman–Crippen LogP) is 3.21. The van der Waals surface area contributed by atoms with Gasteiger partial charge < -0.3 is 19.9 Å². The molecule has 0 amide bonds. The number of fused-ring (bicyclic) bond motifs is 1. The van der Waals surface area contributed by atoms with E-state index in [-0.39, 0.29) is 22.8 Å². The van der Waals surface area contributed by atoms with Crippen molar-refractivity contribution in [1.82, 2.24) is 4.98 Å². The molecule has 7 nitrogen and oxygen atoms in total. The Kier molecular flexibility index (Phi) is 3.87. The Hall–Kier alpha value is -3.79. The molecular weight excluding hydrogens is 310 g/mol. The number of rotatable bonds is 4. The van der Waals surface area contributed by atoms with Gasteiger partial charge in [-0.05, 0) is 30.3 Å². The van der Waals surface area contributed by atoms with Crippen molar-refractivity contribution in [1.29, 1.82) is 5.26 Å². The largest absolute Gasteiger partial charge is 0.507 e. The third-order valence-electron chi connectivity index (χ3n) is 3.25. The normalized spacial score (nSPS) is 11.2. The van der Waals surface area contributed by atoms with Crippen LogP contribution in [0.3, 0.4) is 0 Å². The van der Waals surface area contributed by atoms with Crippen LogP contribution >= 0.6 is 0 Å². The summed E-state index contributed by atoms with van der Waals surface area (Å²) < 4.78 is 5.51. The second kappa shape index (κ2) is 6.14. The van der Waals surface area contributed by atoms with Crippen LogP contribution in [0.15, 0.2) is 53.1 Å². The molecule has 3 aromatic rings. The molecule has 3 N–H and O–H groups in total. The smallest absolute Gasteiger partial charge is 0.339 e. The summed E-state index contributed by atoms with van der Waals surface area (Å²) in [6, 6.07) is 13.1. The Morgan fingerprint density at radius 2 is 2.08 bits per heavy atom. The van der Waals surface area contributed by atoms with E-state index in [4.69, 9.17) is 9.52 Å². The first kappa shape index (κ1) is 15.1. The van der Waals surface area contributed by atoms with Crippen LogP contribution in [0.1, 0.15) is 16.2 Å². The number of nitrogens with zero attached hydrogens (tertiary/aromatic N) is 2. The lowest BCUT2D eigenvalue weighted by molar-refractivity contribution is 0.0694. The van der Waals surface area contributed by atoms with Crippen molar-refractivity contribution in [3.05, 3.63) is 60.1 Å². The molecule has 3 rings (SSSR count). The topological polar surface area (TPSA) is 119 Å². The number of phenols is 1. The number of para-hydroxylation sites is 2. The quantitative estimate of drug-likeness (QED) is 0.498. The zero-order chi connectivity index (χ0) is 17.1. The predicted molar refractivity (Wildman–Crippen MR) is 86.3 cm³/mol. The molecule has 24 heavy (non-hydrogen) atoms. The van der Waals surface area contributed by atoms with E-state index in [1.807, 2.05) is 12.1 Å². The molecule has 0 spiro atoms. The van der Waals surface area contributed by atoms with Crippen molar-refractivity contribution in [3.63, 3.8) is 0 Å². The van der Waals surface area contributed by atoms with Gasteiger partial charge >= 0.3 is 5.97 Å². The third kappa shape index (κ3) is 2.89. The molecule has 7 heteroatoms. The van der Waals surface area contributed by atoms with Gasteiger partial charge in [-0.3, -0.25) is 0 Å². The van der Waals surface area contributed by atoms with Crippen molar-refractivity contribution < 1.29 is 19.4 Å². The van der Waals surface area contributed by atoms with E-state index < -0.39 is 5.97 Å². The second-order valence-corrected chi connectivity index (χ2v) is 4.84. The van der Waals surface area contributed by atoms with Crippen LogP contribution in [0.5, 0.6) is 5.75 Å². The molecule has 0 saturated heterocycles. The summed E-state index contributed by atoms with van der Waals surface area (Å²) in [5.41, 5.74) is 1.50.